The van der Waals surface area contributed by atoms with Gasteiger partial charge in [-0.25, -0.2) is 4.98 Å². The molecule has 0 radical (unpaired) electrons. The molecular formula is C27H25ClN4O4S2. The predicted molar refractivity (Wildman–Crippen MR) is 153 cm³/mol. The Bertz CT molecular complexity index is 1510. The number of hydrogen-bond donors (Lipinski definition) is 0. The molecule has 0 atom stereocenters. The summed E-state index contributed by atoms with van der Waals surface area (Å²) in [7, 11) is 0. The molecule has 8 nitrogen and oxygen atoms in total. The zero-order valence-corrected chi connectivity index (χ0v) is 23.0. The van der Waals surface area contributed by atoms with Crippen molar-refractivity contribution < 1.29 is 14.3 Å². The van der Waals surface area contributed by atoms with Gasteiger partial charge in [0.25, 0.3) is 11.5 Å². The van der Waals surface area contributed by atoms with Crippen molar-refractivity contribution in [3.05, 3.63) is 80.1 Å². The third-order valence-electron chi connectivity index (χ3n) is 6.60. The molecule has 5 rings (SSSR count). The number of thioether (sulfide) groups is 1. The molecule has 2 aliphatic heterocycles. The molecule has 196 valence electrons. The summed E-state index contributed by atoms with van der Waals surface area (Å²) < 4.78 is 7.05. The van der Waals surface area contributed by atoms with Gasteiger partial charge in [0, 0.05) is 24.3 Å². The molecule has 0 N–H and O–H groups in total. The summed E-state index contributed by atoms with van der Waals surface area (Å²) in [5.41, 5.74) is 1.31. The van der Waals surface area contributed by atoms with Gasteiger partial charge in [0.1, 0.15) is 15.8 Å². The highest BCUT2D eigenvalue weighted by Gasteiger charge is 2.34. The lowest BCUT2D eigenvalue weighted by Gasteiger charge is -2.32. The summed E-state index contributed by atoms with van der Waals surface area (Å²) in [5, 5.41) is 0.552. The van der Waals surface area contributed by atoms with Gasteiger partial charge in [0.05, 0.1) is 29.5 Å². The van der Waals surface area contributed by atoms with E-state index in [0.717, 1.165) is 17.3 Å². The lowest BCUT2D eigenvalue weighted by molar-refractivity contribution is -0.148. The predicted octanol–water partition coefficient (Wildman–Crippen LogP) is 4.53. The molecule has 2 aliphatic rings. The Morgan fingerprint density at radius 1 is 1.18 bits per heavy atom. The fraction of sp³-hybridized carbons (Fsp3) is 0.296. The van der Waals surface area contributed by atoms with Crippen LogP contribution in [0.5, 0.6) is 0 Å². The molecule has 38 heavy (non-hydrogen) atoms. The molecule has 2 fully saturated rings. The van der Waals surface area contributed by atoms with E-state index < -0.39 is 0 Å². The van der Waals surface area contributed by atoms with Crippen molar-refractivity contribution in [2.75, 3.05) is 24.6 Å². The van der Waals surface area contributed by atoms with Crippen LogP contribution in [0.15, 0.2) is 58.4 Å². The number of hydrogen-bond acceptors (Lipinski definition) is 8. The fourth-order valence-corrected chi connectivity index (χ4v) is 6.04. The lowest BCUT2D eigenvalue weighted by Crippen LogP contribution is -2.39. The van der Waals surface area contributed by atoms with Crippen LogP contribution in [0.25, 0.3) is 11.7 Å². The minimum Gasteiger partial charge on any atom is -0.466 e. The smallest absolute Gasteiger partial charge is 0.309 e. The minimum atomic E-state index is -0.288. The van der Waals surface area contributed by atoms with Gasteiger partial charge in [-0.15, -0.1) is 0 Å². The Balaban J connectivity index is 1.49. The minimum absolute atomic E-state index is 0.183. The van der Waals surface area contributed by atoms with E-state index in [1.165, 1.54) is 9.30 Å². The van der Waals surface area contributed by atoms with Crippen LogP contribution in [0.2, 0.25) is 5.02 Å². The van der Waals surface area contributed by atoms with Crippen LogP contribution in [-0.4, -0.2) is 50.2 Å². The summed E-state index contributed by atoms with van der Waals surface area (Å²) in [6.07, 6.45) is 4.43. The maximum Gasteiger partial charge on any atom is 0.309 e. The number of aromatic nitrogens is 2. The number of rotatable bonds is 6. The summed E-state index contributed by atoms with van der Waals surface area (Å²) in [6, 6.07) is 12.6. The summed E-state index contributed by atoms with van der Waals surface area (Å²) in [6.45, 7) is 3.45. The van der Waals surface area contributed by atoms with Crippen LogP contribution in [0.4, 0.5) is 5.82 Å². The fourth-order valence-electron chi connectivity index (χ4n) is 4.61. The van der Waals surface area contributed by atoms with E-state index in [-0.39, 0.29) is 29.9 Å². The summed E-state index contributed by atoms with van der Waals surface area (Å²) in [4.78, 5) is 47.9. The van der Waals surface area contributed by atoms with Crippen LogP contribution in [0.3, 0.4) is 0 Å². The number of nitrogens with zero attached hydrogens (tertiary/aromatic N) is 4. The first-order valence-electron chi connectivity index (χ1n) is 12.3. The molecule has 1 amide bonds. The molecule has 0 saturated carbocycles. The van der Waals surface area contributed by atoms with Crippen LogP contribution in [0.1, 0.15) is 30.9 Å². The highest BCUT2D eigenvalue weighted by atomic mass is 35.5. The van der Waals surface area contributed by atoms with Crippen LogP contribution in [0, 0.1) is 5.92 Å². The Morgan fingerprint density at radius 2 is 1.92 bits per heavy atom. The van der Waals surface area contributed by atoms with E-state index in [2.05, 4.69) is 0 Å². The zero-order chi connectivity index (χ0) is 26.8. The zero-order valence-electron chi connectivity index (χ0n) is 20.6. The summed E-state index contributed by atoms with van der Waals surface area (Å²) in [5.74, 6) is -0.178. The number of carbonyl (C=O) groups is 2. The van der Waals surface area contributed by atoms with Gasteiger partial charge in [-0.05, 0) is 49.6 Å². The number of anilines is 1. The highest BCUT2D eigenvalue weighted by Crippen LogP contribution is 2.35. The Morgan fingerprint density at radius 3 is 2.66 bits per heavy atom. The normalized spacial score (nSPS) is 17.6. The molecule has 4 heterocycles. The van der Waals surface area contributed by atoms with Crippen LogP contribution >= 0.6 is 35.6 Å². The van der Waals surface area contributed by atoms with Crippen molar-refractivity contribution in [2.45, 2.75) is 26.3 Å². The first-order chi connectivity index (χ1) is 18.4. The lowest BCUT2D eigenvalue weighted by atomic mass is 9.96. The second kappa shape index (κ2) is 11.3. The standard InChI is InChI=1S/C27H25ClN4O4S2/c1-2-36-26(35)17-10-13-30(14-11-17)23-19(24(33)31-12-6-5-9-22(31)29-23)15-21-25(34)32(27(37)38-21)16-18-7-3-4-8-20(18)28/h3-9,12,15,17H,2,10-11,13-14,16H2,1H3. The van der Waals surface area contributed by atoms with Crippen molar-refractivity contribution in [3.8, 4) is 0 Å². The van der Waals surface area contributed by atoms with Gasteiger partial charge in [-0.3, -0.25) is 23.7 Å². The van der Waals surface area contributed by atoms with Gasteiger partial charge < -0.3 is 9.64 Å². The van der Waals surface area contributed by atoms with Gasteiger partial charge >= 0.3 is 5.97 Å². The largest absolute Gasteiger partial charge is 0.466 e. The van der Waals surface area contributed by atoms with E-state index in [0.29, 0.717) is 63.8 Å². The number of amides is 1. The van der Waals surface area contributed by atoms with Gasteiger partial charge in [0.2, 0.25) is 0 Å². The van der Waals surface area contributed by atoms with Crippen LogP contribution in [-0.2, 0) is 20.9 Å². The van der Waals surface area contributed by atoms with Gasteiger partial charge in [0.15, 0.2) is 0 Å². The van der Waals surface area contributed by atoms with Crippen LogP contribution < -0.4 is 10.5 Å². The van der Waals surface area contributed by atoms with Crippen molar-refractivity contribution in [3.63, 3.8) is 0 Å². The number of esters is 1. The topological polar surface area (TPSA) is 84.2 Å². The number of halogens is 1. The molecule has 0 aliphatic carbocycles. The Labute approximate surface area is 234 Å². The second-order valence-electron chi connectivity index (χ2n) is 8.96. The van der Waals surface area contributed by atoms with E-state index in [1.54, 1.807) is 37.4 Å². The molecule has 0 unspecified atom stereocenters. The number of carbonyl (C=O) groups excluding carboxylic acids is 2. The molecule has 2 saturated heterocycles. The van der Waals surface area contributed by atoms with Gasteiger partial charge in [-0.2, -0.15) is 0 Å². The van der Waals surface area contributed by atoms with Crippen molar-refractivity contribution in [1.29, 1.82) is 0 Å². The van der Waals surface area contributed by atoms with Crippen molar-refractivity contribution in [1.82, 2.24) is 14.3 Å². The first-order valence-corrected chi connectivity index (χ1v) is 13.9. The molecule has 11 heteroatoms. The molecule has 2 aromatic heterocycles. The van der Waals surface area contributed by atoms with E-state index in [1.807, 2.05) is 29.2 Å². The van der Waals surface area contributed by atoms with E-state index in [4.69, 9.17) is 33.5 Å². The quantitative estimate of drug-likeness (QED) is 0.244. The number of thiocarbonyl (C=S) groups is 1. The monoisotopic (exact) mass is 568 g/mol. The molecule has 1 aromatic carbocycles. The number of piperidine rings is 1. The van der Waals surface area contributed by atoms with Crippen molar-refractivity contribution in [2.24, 2.45) is 5.92 Å². The maximum absolute atomic E-state index is 13.6. The Hall–Kier alpha value is -3.21. The number of ether oxygens (including phenoxy) is 1. The number of benzene rings is 1. The Kier molecular flexibility index (Phi) is 7.83. The van der Waals surface area contributed by atoms with E-state index in [9.17, 15) is 14.4 Å². The molecule has 3 aromatic rings. The maximum atomic E-state index is 13.6. The highest BCUT2D eigenvalue weighted by molar-refractivity contribution is 8.26. The second-order valence-corrected chi connectivity index (χ2v) is 11.0. The average molecular weight is 569 g/mol. The van der Waals surface area contributed by atoms with Gasteiger partial charge in [-0.1, -0.05) is 59.8 Å². The molecule has 0 spiro atoms. The summed E-state index contributed by atoms with van der Waals surface area (Å²) >= 11 is 13.0. The number of pyridine rings is 1. The van der Waals surface area contributed by atoms with Crippen molar-refractivity contribution >= 4 is 69.3 Å². The third kappa shape index (κ3) is 5.21. The first kappa shape index (κ1) is 26.4. The molecular weight excluding hydrogens is 544 g/mol. The number of fused-ring (bicyclic) bond motifs is 1. The SMILES string of the molecule is CCOC(=O)C1CCN(c2nc3ccccn3c(=O)c2C=C2SC(=S)N(Cc3ccccc3Cl)C2=O)CC1. The third-order valence-corrected chi connectivity index (χ3v) is 8.35. The average Bonchev–Trinajstić information content (AvgIpc) is 3.19. The molecule has 0 bridgehead atoms. The van der Waals surface area contributed by atoms with E-state index >= 15 is 0 Å².